The fourth-order valence-electron chi connectivity index (χ4n) is 2.21. The Labute approximate surface area is 150 Å². The van der Waals surface area contributed by atoms with Gasteiger partial charge in [0.2, 0.25) is 5.95 Å². The van der Waals surface area contributed by atoms with Crippen molar-refractivity contribution in [2.75, 3.05) is 10.6 Å². The van der Waals surface area contributed by atoms with E-state index in [1.54, 1.807) is 12.1 Å². The molecular weight excluding hydrogens is 343 g/mol. The average molecular weight is 359 g/mol. The number of hydrogen-bond donors (Lipinski definition) is 2. The lowest BCUT2D eigenvalue weighted by Crippen LogP contribution is -2.05. The lowest BCUT2D eigenvalue weighted by atomic mass is 10.2. The number of nitrogens with one attached hydrogen (secondary N) is 2. The highest BCUT2D eigenvalue weighted by atomic mass is 35.5. The van der Waals surface area contributed by atoms with Crippen molar-refractivity contribution in [3.05, 3.63) is 75.9 Å². The molecule has 0 spiro atoms. The van der Waals surface area contributed by atoms with Crippen molar-refractivity contribution in [2.24, 2.45) is 0 Å². The minimum Gasteiger partial charge on any atom is -0.366 e. The molecule has 24 heavy (non-hydrogen) atoms. The zero-order valence-corrected chi connectivity index (χ0v) is 14.6. The van der Waals surface area contributed by atoms with E-state index in [1.165, 1.54) is 5.56 Å². The second kappa shape index (κ2) is 7.51. The molecule has 0 unspecified atom stereocenters. The molecule has 0 saturated carbocycles. The van der Waals surface area contributed by atoms with Crippen LogP contribution < -0.4 is 10.6 Å². The van der Waals surface area contributed by atoms with Crippen molar-refractivity contribution >= 4 is 40.7 Å². The summed E-state index contributed by atoms with van der Waals surface area (Å²) in [7, 11) is 0. The summed E-state index contributed by atoms with van der Waals surface area (Å²) in [6, 6.07) is 17.4. The van der Waals surface area contributed by atoms with Crippen LogP contribution in [0.25, 0.3) is 0 Å². The Hall–Kier alpha value is -2.30. The molecule has 2 aromatic carbocycles. The molecule has 6 heteroatoms. The van der Waals surface area contributed by atoms with Gasteiger partial charge < -0.3 is 10.6 Å². The smallest absolute Gasteiger partial charge is 0.229 e. The van der Waals surface area contributed by atoms with Crippen molar-refractivity contribution in [3.8, 4) is 0 Å². The number of aromatic nitrogens is 2. The topological polar surface area (TPSA) is 49.8 Å². The number of benzene rings is 2. The van der Waals surface area contributed by atoms with Gasteiger partial charge in [0.1, 0.15) is 5.82 Å². The maximum Gasteiger partial charge on any atom is 0.229 e. The Kier molecular flexibility index (Phi) is 5.18. The Bertz CT molecular complexity index is 838. The summed E-state index contributed by atoms with van der Waals surface area (Å²) < 4.78 is 0. The summed E-state index contributed by atoms with van der Waals surface area (Å²) in [4.78, 5) is 8.88. The normalized spacial score (nSPS) is 10.5. The van der Waals surface area contributed by atoms with E-state index >= 15 is 0 Å². The van der Waals surface area contributed by atoms with Gasteiger partial charge in [-0.25, -0.2) is 4.98 Å². The molecule has 3 aromatic rings. The summed E-state index contributed by atoms with van der Waals surface area (Å²) in [6.07, 6.45) is 0. The van der Waals surface area contributed by atoms with Gasteiger partial charge in [-0.2, -0.15) is 4.98 Å². The highest BCUT2D eigenvalue weighted by Gasteiger charge is 2.05. The second-order valence-electron chi connectivity index (χ2n) is 5.31. The lowest BCUT2D eigenvalue weighted by Gasteiger charge is -2.10. The van der Waals surface area contributed by atoms with Gasteiger partial charge in [0.05, 0.1) is 10.0 Å². The van der Waals surface area contributed by atoms with E-state index in [0.29, 0.717) is 22.5 Å². The van der Waals surface area contributed by atoms with Gasteiger partial charge in [0.25, 0.3) is 0 Å². The van der Waals surface area contributed by atoms with Crippen LogP contribution in [0.5, 0.6) is 0 Å². The molecule has 1 aromatic heterocycles. The molecule has 0 atom stereocenters. The second-order valence-corrected chi connectivity index (χ2v) is 6.13. The summed E-state index contributed by atoms with van der Waals surface area (Å²) >= 11 is 12.0. The zero-order chi connectivity index (χ0) is 16.9. The Morgan fingerprint density at radius 1 is 0.917 bits per heavy atom. The third-order valence-electron chi connectivity index (χ3n) is 3.35. The van der Waals surface area contributed by atoms with Crippen molar-refractivity contribution in [3.63, 3.8) is 0 Å². The Morgan fingerprint density at radius 2 is 1.71 bits per heavy atom. The molecule has 1 heterocycles. The maximum atomic E-state index is 6.04. The number of aryl methyl sites for hydroxylation is 1. The van der Waals surface area contributed by atoms with Crippen molar-refractivity contribution < 1.29 is 0 Å². The quantitative estimate of drug-likeness (QED) is 0.636. The van der Waals surface area contributed by atoms with E-state index in [0.717, 1.165) is 17.2 Å². The zero-order valence-electron chi connectivity index (χ0n) is 13.1. The van der Waals surface area contributed by atoms with Crippen LogP contribution in [-0.2, 0) is 6.54 Å². The number of rotatable bonds is 5. The number of hydrogen-bond acceptors (Lipinski definition) is 4. The summed E-state index contributed by atoms with van der Waals surface area (Å²) in [5.41, 5.74) is 2.83. The highest BCUT2D eigenvalue weighted by Crippen LogP contribution is 2.26. The van der Waals surface area contributed by atoms with Gasteiger partial charge >= 0.3 is 0 Å². The molecule has 0 radical (unpaired) electrons. The molecule has 4 nitrogen and oxygen atoms in total. The van der Waals surface area contributed by atoms with Crippen LogP contribution in [0, 0.1) is 6.92 Å². The summed E-state index contributed by atoms with van der Waals surface area (Å²) in [5, 5.41) is 7.45. The van der Waals surface area contributed by atoms with Gasteiger partial charge in [0.15, 0.2) is 0 Å². The van der Waals surface area contributed by atoms with Crippen LogP contribution in [0.4, 0.5) is 17.5 Å². The van der Waals surface area contributed by atoms with Crippen LogP contribution >= 0.6 is 23.2 Å². The Balaban J connectivity index is 1.74. The van der Waals surface area contributed by atoms with Crippen LogP contribution in [0.15, 0.2) is 54.6 Å². The van der Waals surface area contributed by atoms with E-state index in [9.17, 15) is 0 Å². The minimum atomic E-state index is 0.483. The molecule has 122 valence electrons. The third-order valence-corrected chi connectivity index (χ3v) is 4.09. The molecule has 0 aliphatic carbocycles. The molecule has 0 saturated heterocycles. The third kappa shape index (κ3) is 4.37. The first-order valence-electron chi connectivity index (χ1n) is 7.46. The van der Waals surface area contributed by atoms with Gasteiger partial charge in [-0.3, -0.25) is 0 Å². The first-order valence-corrected chi connectivity index (χ1v) is 8.21. The molecular formula is C18H16Cl2N4. The first-order chi connectivity index (χ1) is 11.6. The predicted octanol–water partition coefficient (Wildman–Crippen LogP) is 5.45. The predicted molar refractivity (Wildman–Crippen MR) is 100 cm³/mol. The summed E-state index contributed by atoms with van der Waals surface area (Å²) in [6.45, 7) is 2.62. The van der Waals surface area contributed by atoms with E-state index in [-0.39, 0.29) is 0 Å². The number of anilines is 3. The fraction of sp³-hybridized carbons (Fsp3) is 0.111. The Morgan fingerprint density at radius 3 is 2.46 bits per heavy atom. The van der Waals surface area contributed by atoms with Crippen molar-refractivity contribution in [1.82, 2.24) is 9.97 Å². The number of halogens is 2. The summed E-state index contributed by atoms with van der Waals surface area (Å²) in [5.74, 6) is 1.26. The highest BCUT2D eigenvalue weighted by molar-refractivity contribution is 6.42. The molecule has 0 fully saturated rings. The van der Waals surface area contributed by atoms with Crippen molar-refractivity contribution in [1.29, 1.82) is 0 Å². The monoisotopic (exact) mass is 358 g/mol. The van der Waals surface area contributed by atoms with E-state index in [1.807, 2.05) is 37.3 Å². The van der Waals surface area contributed by atoms with E-state index in [2.05, 4.69) is 32.7 Å². The average Bonchev–Trinajstić information content (AvgIpc) is 2.57. The van der Waals surface area contributed by atoms with Crippen LogP contribution in [0.2, 0.25) is 10.0 Å². The van der Waals surface area contributed by atoms with Crippen LogP contribution in [-0.4, -0.2) is 9.97 Å². The molecule has 0 aliphatic heterocycles. The van der Waals surface area contributed by atoms with Gasteiger partial charge in [-0.15, -0.1) is 0 Å². The first kappa shape index (κ1) is 16.6. The van der Waals surface area contributed by atoms with Gasteiger partial charge in [-0.1, -0.05) is 53.5 Å². The van der Waals surface area contributed by atoms with Crippen molar-refractivity contribution in [2.45, 2.75) is 13.5 Å². The van der Waals surface area contributed by atoms with E-state index < -0.39 is 0 Å². The molecule has 2 N–H and O–H groups in total. The minimum absolute atomic E-state index is 0.483. The standard InChI is InChI=1S/C18H16Cl2N4/c1-12-9-17(21-11-13-5-3-2-4-6-13)24-18(22-12)23-14-7-8-15(19)16(20)10-14/h2-10H,11H2,1H3,(H2,21,22,23,24). The fourth-order valence-corrected chi connectivity index (χ4v) is 2.50. The largest absolute Gasteiger partial charge is 0.366 e. The molecule has 0 aliphatic rings. The molecule has 0 bridgehead atoms. The lowest BCUT2D eigenvalue weighted by molar-refractivity contribution is 1.06. The number of nitrogens with zero attached hydrogens (tertiary/aromatic N) is 2. The molecule has 3 rings (SSSR count). The SMILES string of the molecule is Cc1cc(NCc2ccccc2)nc(Nc2ccc(Cl)c(Cl)c2)n1. The maximum absolute atomic E-state index is 6.04. The van der Waals surface area contributed by atoms with E-state index in [4.69, 9.17) is 23.2 Å². The van der Waals surface area contributed by atoms with Gasteiger partial charge in [0, 0.05) is 24.0 Å². The molecule has 0 amide bonds. The van der Waals surface area contributed by atoms with Gasteiger partial charge in [-0.05, 0) is 30.7 Å². The van der Waals surface area contributed by atoms with Crippen LogP contribution in [0.3, 0.4) is 0 Å². The van der Waals surface area contributed by atoms with Crippen LogP contribution in [0.1, 0.15) is 11.3 Å².